The molecule has 0 aliphatic carbocycles. The van der Waals surface area contributed by atoms with Crippen molar-refractivity contribution in [2.24, 2.45) is 0 Å². The molecule has 10 N–H and O–H groups in total. The van der Waals surface area contributed by atoms with Crippen molar-refractivity contribution in [3.63, 3.8) is 0 Å². The van der Waals surface area contributed by atoms with Crippen molar-refractivity contribution in [2.45, 2.75) is 49.1 Å². The first kappa shape index (κ1) is 28.2. The van der Waals surface area contributed by atoms with Crippen molar-refractivity contribution in [1.29, 1.82) is 0 Å². The van der Waals surface area contributed by atoms with Crippen molar-refractivity contribution in [1.82, 2.24) is 29.1 Å². The highest BCUT2D eigenvalue weighted by Gasteiger charge is 2.50. The minimum absolute atomic E-state index is 0.0676. The molecule has 1 unspecified atom stereocenters. The fourth-order valence-corrected chi connectivity index (χ4v) is 5.39. The van der Waals surface area contributed by atoms with Gasteiger partial charge in [-0.3, -0.25) is 28.0 Å². The van der Waals surface area contributed by atoms with Crippen LogP contribution in [0, 0.1) is 0 Å². The normalized spacial score (nSPS) is 32.0. The predicted octanol–water partition coefficient (Wildman–Crippen LogP) is -4.09. The lowest BCUT2D eigenvalue weighted by Crippen LogP contribution is -2.37. The number of nitrogens with one attached hydrogen (secondary N) is 1. The number of aromatic amines is 1. The Labute approximate surface area is 222 Å². The molecule has 5 heterocycles. The van der Waals surface area contributed by atoms with E-state index in [1.54, 1.807) is 0 Å². The number of hydrogen-bond acceptors (Lipinski definition) is 16. The lowest BCUT2D eigenvalue weighted by molar-refractivity contribution is -0.0609. The molecule has 40 heavy (non-hydrogen) atoms. The second-order valence-corrected chi connectivity index (χ2v) is 10.3. The second kappa shape index (κ2) is 10.6. The lowest BCUT2D eigenvalue weighted by Gasteiger charge is -2.23. The van der Waals surface area contributed by atoms with Gasteiger partial charge in [0.1, 0.15) is 42.4 Å². The third kappa shape index (κ3) is 5.12. The number of H-pyrrole nitrogens is 1. The van der Waals surface area contributed by atoms with Gasteiger partial charge in [-0.15, -0.1) is 0 Å². The summed E-state index contributed by atoms with van der Waals surface area (Å²) in [4.78, 5) is 48.1. The number of aliphatic hydroxyl groups excluding tert-OH is 4. The summed E-state index contributed by atoms with van der Waals surface area (Å²) in [5.41, 5.74) is 9.29. The fraction of sp³-hybridized carbons (Fsp3) is 0.526. The van der Waals surface area contributed by atoms with Crippen molar-refractivity contribution in [2.75, 3.05) is 24.7 Å². The maximum atomic E-state index is 12.8. The summed E-state index contributed by atoms with van der Waals surface area (Å²) in [5.74, 6) is -0.322. The smallest absolute Gasteiger partial charge is 0.394 e. The summed E-state index contributed by atoms with van der Waals surface area (Å²) in [6.07, 6.45) is -9.84. The minimum atomic E-state index is -5.04. The molecule has 9 atom stereocenters. The van der Waals surface area contributed by atoms with Gasteiger partial charge in [0, 0.05) is 6.20 Å². The first-order valence-electron chi connectivity index (χ1n) is 11.6. The summed E-state index contributed by atoms with van der Waals surface area (Å²) < 4.78 is 35.8. The molecular formula is C19H25N8O12P. The molecule has 0 aromatic carbocycles. The van der Waals surface area contributed by atoms with Crippen LogP contribution in [0.3, 0.4) is 0 Å². The first-order valence-corrected chi connectivity index (χ1v) is 13.1. The van der Waals surface area contributed by atoms with Crippen molar-refractivity contribution < 1.29 is 48.4 Å². The van der Waals surface area contributed by atoms with Gasteiger partial charge < -0.3 is 46.3 Å². The molecule has 0 saturated carbocycles. The topological polar surface area (TPSA) is 306 Å². The highest BCUT2D eigenvalue weighted by Crippen LogP contribution is 2.49. The van der Waals surface area contributed by atoms with E-state index in [9.17, 15) is 39.5 Å². The molecule has 20 nitrogen and oxygen atoms in total. The number of aromatic nitrogens is 6. The van der Waals surface area contributed by atoms with Crippen LogP contribution in [-0.2, 0) is 23.1 Å². The van der Waals surface area contributed by atoms with E-state index < -0.39 is 81.4 Å². The van der Waals surface area contributed by atoms with E-state index in [2.05, 4.69) is 19.9 Å². The largest absolute Gasteiger partial charge is 0.472 e. The molecule has 2 aliphatic rings. The number of phosphoric ester groups is 1. The summed E-state index contributed by atoms with van der Waals surface area (Å²) in [6, 6.07) is 1.26. The SMILES string of the molecule is Nc1ccn([C@@H]2O[C@H](COP(=O)(O)O[C@H]3[C@@H](O)[C@@H](n4cnc5c(=O)[nH]c(N)nc54)O[C@H]3CO)[C@H](O)[C@H]2O)c(=O)n1. The molecule has 2 aliphatic heterocycles. The van der Waals surface area contributed by atoms with Crippen LogP contribution in [0.15, 0.2) is 28.2 Å². The van der Waals surface area contributed by atoms with Crippen molar-refractivity contribution in [3.8, 4) is 0 Å². The number of imidazole rings is 1. The number of fused-ring (bicyclic) bond motifs is 1. The Hall–Kier alpha value is -3.30. The second-order valence-electron chi connectivity index (χ2n) is 8.94. The van der Waals surface area contributed by atoms with Crippen LogP contribution in [0.2, 0.25) is 0 Å². The van der Waals surface area contributed by atoms with Gasteiger partial charge in [0.25, 0.3) is 5.56 Å². The van der Waals surface area contributed by atoms with Gasteiger partial charge in [0.2, 0.25) is 5.95 Å². The number of hydrogen-bond donors (Lipinski definition) is 8. The van der Waals surface area contributed by atoms with Crippen LogP contribution >= 0.6 is 7.82 Å². The summed E-state index contributed by atoms with van der Waals surface area (Å²) in [5, 5.41) is 41.3. The summed E-state index contributed by atoms with van der Waals surface area (Å²) >= 11 is 0. The van der Waals surface area contributed by atoms with Gasteiger partial charge in [-0.1, -0.05) is 0 Å². The van der Waals surface area contributed by atoms with Gasteiger partial charge in [-0.25, -0.2) is 14.3 Å². The monoisotopic (exact) mass is 588 g/mol. The Morgan fingerprint density at radius 2 is 1.75 bits per heavy atom. The van der Waals surface area contributed by atoms with Gasteiger partial charge in [0.15, 0.2) is 23.6 Å². The highest BCUT2D eigenvalue weighted by molar-refractivity contribution is 7.47. The highest BCUT2D eigenvalue weighted by atomic mass is 31.2. The van der Waals surface area contributed by atoms with Crippen LogP contribution in [0.4, 0.5) is 11.8 Å². The maximum absolute atomic E-state index is 12.8. The zero-order valence-electron chi connectivity index (χ0n) is 20.2. The quantitative estimate of drug-likeness (QED) is 0.116. The average Bonchev–Trinajstić information content (AvgIpc) is 3.53. The Bertz CT molecular complexity index is 1560. The number of rotatable bonds is 8. The van der Waals surface area contributed by atoms with Gasteiger partial charge >= 0.3 is 13.5 Å². The Morgan fingerprint density at radius 1 is 1.05 bits per heavy atom. The minimum Gasteiger partial charge on any atom is -0.394 e. The number of aliphatic hydroxyl groups is 4. The number of phosphoric acid groups is 1. The molecule has 218 valence electrons. The Morgan fingerprint density at radius 3 is 2.45 bits per heavy atom. The Kier molecular flexibility index (Phi) is 7.48. The molecule has 0 radical (unpaired) electrons. The van der Waals surface area contributed by atoms with Crippen molar-refractivity contribution >= 4 is 30.8 Å². The summed E-state index contributed by atoms with van der Waals surface area (Å²) in [6.45, 7) is -1.56. The fourth-order valence-electron chi connectivity index (χ4n) is 4.42. The number of nitrogens with zero attached hydrogens (tertiary/aromatic N) is 5. The van der Waals surface area contributed by atoms with E-state index in [4.69, 9.17) is 30.0 Å². The molecule has 2 saturated heterocycles. The number of nitrogens with two attached hydrogens (primary N) is 2. The van der Waals surface area contributed by atoms with Crippen LogP contribution in [0.25, 0.3) is 11.2 Å². The standard InChI is InChI=1S/C19H25N8O12P/c20-8-1-2-26(19(33)23-8)16-11(30)10(29)7(38-16)4-36-40(34,35)39-13-6(3-28)37-17(12(13)31)27-5-22-9-14(27)24-18(21)25-15(9)32/h1-2,5-7,10-13,16-17,28-31H,3-4H2,(H,34,35)(H2,20,23,33)(H3,21,24,25,32)/t6-,7+,10-,11+,12+,13+,16+,17-/m0/s1. The predicted molar refractivity (Wildman–Crippen MR) is 129 cm³/mol. The molecule has 3 aromatic rings. The van der Waals surface area contributed by atoms with Crippen LogP contribution in [0.5, 0.6) is 0 Å². The zero-order chi connectivity index (χ0) is 28.9. The van der Waals surface area contributed by atoms with E-state index in [1.807, 2.05) is 0 Å². The van der Waals surface area contributed by atoms with Crippen LogP contribution in [0.1, 0.15) is 12.5 Å². The third-order valence-electron chi connectivity index (χ3n) is 6.33. The van der Waals surface area contributed by atoms with Gasteiger partial charge in [-0.05, 0) is 6.07 Å². The molecule has 3 aromatic heterocycles. The van der Waals surface area contributed by atoms with E-state index in [1.165, 1.54) is 12.3 Å². The molecule has 0 bridgehead atoms. The molecule has 2 fully saturated rings. The Balaban J connectivity index is 1.28. The third-order valence-corrected chi connectivity index (χ3v) is 7.32. The molecule has 0 spiro atoms. The summed E-state index contributed by atoms with van der Waals surface area (Å²) in [7, 11) is -5.04. The van der Waals surface area contributed by atoms with Crippen LogP contribution in [-0.4, -0.2) is 104 Å². The molecular weight excluding hydrogens is 563 g/mol. The molecule has 21 heteroatoms. The zero-order valence-corrected chi connectivity index (χ0v) is 21.1. The van der Waals surface area contributed by atoms with E-state index >= 15 is 0 Å². The molecule has 5 rings (SSSR count). The van der Waals surface area contributed by atoms with Crippen molar-refractivity contribution in [3.05, 3.63) is 39.4 Å². The van der Waals surface area contributed by atoms with Gasteiger partial charge in [0.05, 0.1) is 19.5 Å². The van der Waals surface area contributed by atoms with Gasteiger partial charge in [-0.2, -0.15) is 9.97 Å². The van der Waals surface area contributed by atoms with E-state index in [0.29, 0.717) is 0 Å². The molecule has 0 amide bonds. The maximum Gasteiger partial charge on any atom is 0.472 e. The average molecular weight is 588 g/mol. The number of nitrogen functional groups attached to an aromatic ring is 2. The van der Waals surface area contributed by atoms with Crippen LogP contribution < -0.4 is 22.7 Å². The number of ether oxygens (including phenoxy) is 2. The lowest BCUT2D eigenvalue weighted by atomic mass is 10.1. The number of anilines is 2. The van der Waals surface area contributed by atoms with E-state index in [0.717, 1.165) is 15.5 Å². The first-order chi connectivity index (χ1) is 18.9. The van der Waals surface area contributed by atoms with E-state index in [-0.39, 0.29) is 22.9 Å².